The maximum absolute atomic E-state index is 4.26. The molecule has 2 unspecified atom stereocenters. The van der Waals surface area contributed by atoms with Crippen molar-refractivity contribution in [1.29, 1.82) is 0 Å². The Kier molecular flexibility index (Phi) is 0.571. The highest BCUT2D eigenvalue weighted by molar-refractivity contribution is 5.00. The standard InChI is InChI=1S/C6H10N/c1-4-5-2-7-3-6(4)5/h4-6H,2-3H2,1H3. The van der Waals surface area contributed by atoms with E-state index in [2.05, 4.69) is 12.2 Å². The highest BCUT2D eigenvalue weighted by Gasteiger charge is 2.49. The molecule has 2 rings (SSSR count). The predicted molar refractivity (Wildman–Crippen MR) is 28.0 cm³/mol. The maximum Gasteiger partial charge on any atom is 0.0167 e. The number of piperidine rings is 1. The summed E-state index contributed by atoms with van der Waals surface area (Å²) in [5.41, 5.74) is 0. The first-order valence-corrected chi connectivity index (χ1v) is 3.03. The Balaban J connectivity index is 2.06. The average Bonchev–Trinajstić information content (AvgIpc) is 2.26. The van der Waals surface area contributed by atoms with Crippen LogP contribution in [0.25, 0.3) is 0 Å². The zero-order chi connectivity index (χ0) is 4.85. The molecule has 1 heteroatoms. The normalized spacial score (nSPS) is 57.0. The van der Waals surface area contributed by atoms with Crippen LogP contribution in [0.5, 0.6) is 0 Å². The Morgan fingerprint density at radius 1 is 1.29 bits per heavy atom. The second kappa shape index (κ2) is 1.03. The molecule has 1 radical (unpaired) electrons. The second-order valence-corrected chi connectivity index (χ2v) is 2.78. The maximum atomic E-state index is 4.26. The van der Waals surface area contributed by atoms with Gasteiger partial charge in [-0.15, -0.1) is 0 Å². The first-order chi connectivity index (χ1) is 3.39. The molecule has 7 heavy (non-hydrogen) atoms. The molecule has 0 N–H and O–H groups in total. The molecule has 0 aromatic rings. The number of nitrogens with zero attached hydrogens (tertiary/aromatic N) is 1. The van der Waals surface area contributed by atoms with Gasteiger partial charge < -0.3 is 0 Å². The van der Waals surface area contributed by atoms with Crippen LogP contribution in [0.4, 0.5) is 0 Å². The van der Waals surface area contributed by atoms with E-state index in [0.29, 0.717) is 0 Å². The number of hydrogen-bond acceptors (Lipinski definition) is 0. The van der Waals surface area contributed by atoms with Gasteiger partial charge in [-0.1, -0.05) is 6.92 Å². The van der Waals surface area contributed by atoms with E-state index in [9.17, 15) is 0 Å². The van der Waals surface area contributed by atoms with Crippen molar-refractivity contribution in [2.75, 3.05) is 13.1 Å². The van der Waals surface area contributed by atoms with Gasteiger partial charge in [0.15, 0.2) is 0 Å². The fraction of sp³-hybridized carbons (Fsp3) is 1.00. The Morgan fingerprint density at radius 3 is 2.14 bits per heavy atom. The fourth-order valence-corrected chi connectivity index (χ4v) is 1.61. The smallest absolute Gasteiger partial charge is 0.0167 e. The van der Waals surface area contributed by atoms with Crippen molar-refractivity contribution in [3.8, 4) is 0 Å². The Labute approximate surface area is 44.1 Å². The summed E-state index contributed by atoms with van der Waals surface area (Å²) in [7, 11) is 0. The molecule has 2 fully saturated rings. The fourth-order valence-electron chi connectivity index (χ4n) is 1.61. The highest BCUT2D eigenvalue weighted by Crippen LogP contribution is 2.48. The lowest BCUT2D eigenvalue weighted by molar-refractivity contribution is 0.625. The second-order valence-electron chi connectivity index (χ2n) is 2.78. The van der Waals surface area contributed by atoms with E-state index in [0.717, 1.165) is 17.8 Å². The molecule has 0 aromatic carbocycles. The van der Waals surface area contributed by atoms with Gasteiger partial charge in [-0.3, -0.25) is 0 Å². The molecule has 1 nitrogen and oxygen atoms in total. The van der Waals surface area contributed by atoms with Crippen molar-refractivity contribution in [1.82, 2.24) is 5.32 Å². The molecule has 1 saturated heterocycles. The van der Waals surface area contributed by atoms with E-state index < -0.39 is 0 Å². The summed E-state index contributed by atoms with van der Waals surface area (Å²) in [5.74, 6) is 3.05. The first-order valence-electron chi connectivity index (χ1n) is 3.03. The molecule has 2 aliphatic rings. The van der Waals surface area contributed by atoms with Gasteiger partial charge in [0.2, 0.25) is 0 Å². The van der Waals surface area contributed by atoms with Crippen LogP contribution >= 0.6 is 0 Å². The minimum Gasteiger partial charge on any atom is -0.241 e. The molecule has 0 bridgehead atoms. The lowest BCUT2D eigenvalue weighted by Gasteiger charge is -1.91. The Morgan fingerprint density at radius 2 is 1.86 bits per heavy atom. The van der Waals surface area contributed by atoms with Crippen LogP contribution in [0.2, 0.25) is 0 Å². The highest BCUT2D eigenvalue weighted by atomic mass is 15.0. The van der Waals surface area contributed by atoms with Crippen LogP contribution in [0.15, 0.2) is 0 Å². The van der Waals surface area contributed by atoms with E-state index >= 15 is 0 Å². The van der Waals surface area contributed by atoms with Gasteiger partial charge in [0.25, 0.3) is 0 Å². The summed E-state index contributed by atoms with van der Waals surface area (Å²) in [6.45, 7) is 4.68. The van der Waals surface area contributed by atoms with Crippen molar-refractivity contribution in [2.45, 2.75) is 6.92 Å². The summed E-state index contributed by atoms with van der Waals surface area (Å²) in [6, 6.07) is 0. The van der Waals surface area contributed by atoms with Crippen molar-refractivity contribution in [3.63, 3.8) is 0 Å². The minimum absolute atomic E-state index is 1.01. The molecule has 0 aromatic heterocycles. The molecular weight excluding hydrogens is 86.1 g/mol. The lowest BCUT2D eigenvalue weighted by Crippen LogP contribution is -2.04. The number of fused-ring (bicyclic) bond motifs is 1. The lowest BCUT2D eigenvalue weighted by atomic mass is 10.3. The van der Waals surface area contributed by atoms with E-state index in [1.54, 1.807) is 0 Å². The first kappa shape index (κ1) is 3.90. The molecule has 1 heterocycles. The molecule has 1 aliphatic heterocycles. The third-order valence-electron chi connectivity index (χ3n) is 2.44. The summed E-state index contributed by atoms with van der Waals surface area (Å²) < 4.78 is 0. The SMILES string of the molecule is CC1C2C[N]CC12. The molecule has 1 saturated carbocycles. The number of hydrogen-bond donors (Lipinski definition) is 0. The van der Waals surface area contributed by atoms with Crippen molar-refractivity contribution in [2.24, 2.45) is 17.8 Å². The summed E-state index contributed by atoms with van der Waals surface area (Å²) in [4.78, 5) is 0. The summed E-state index contributed by atoms with van der Waals surface area (Å²) in [5, 5.41) is 4.26. The van der Waals surface area contributed by atoms with Gasteiger partial charge in [-0.2, -0.15) is 0 Å². The van der Waals surface area contributed by atoms with Crippen LogP contribution < -0.4 is 5.32 Å². The van der Waals surface area contributed by atoms with E-state index in [4.69, 9.17) is 0 Å². The van der Waals surface area contributed by atoms with Gasteiger partial charge in [0.1, 0.15) is 0 Å². The van der Waals surface area contributed by atoms with Crippen LogP contribution in [0.3, 0.4) is 0 Å². The van der Waals surface area contributed by atoms with Crippen LogP contribution in [0.1, 0.15) is 6.92 Å². The van der Waals surface area contributed by atoms with Crippen molar-refractivity contribution < 1.29 is 0 Å². The molecule has 0 spiro atoms. The van der Waals surface area contributed by atoms with Gasteiger partial charge in [0, 0.05) is 13.1 Å². The topological polar surface area (TPSA) is 14.1 Å². The predicted octanol–water partition coefficient (Wildman–Crippen LogP) is 0.486. The molecular formula is C6H10N. The average molecular weight is 96.2 g/mol. The van der Waals surface area contributed by atoms with E-state index in [1.165, 1.54) is 13.1 Å². The Hall–Kier alpha value is -0.0400. The van der Waals surface area contributed by atoms with Gasteiger partial charge in [-0.05, 0) is 17.8 Å². The van der Waals surface area contributed by atoms with Gasteiger partial charge in [0.05, 0.1) is 0 Å². The van der Waals surface area contributed by atoms with E-state index in [-0.39, 0.29) is 0 Å². The van der Waals surface area contributed by atoms with Crippen LogP contribution in [-0.4, -0.2) is 13.1 Å². The largest absolute Gasteiger partial charge is 0.241 e. The monoisotopic (exact) mass is 96.1 g/mol. The molecule has 0 amide bonds. The van der Waals surface area contributed by atoms with E-state index in [1.807, 2.05) is 0 Å². The summed E-state index contributed by atoms with van der Waals surface area (Å²) >= 11 is 0. The Bertz CT molecular complexity index is 80.2. The van der Waals surface area contributed by atoms with Crippen molar-refractivity contribution in [3.05, 3.63) is 0 Å². The quantitative estimate of drug-likeness (QED) is 0.416. The third-order valence-corrected chi connectivity index (χ3v) is 2.44. The van der Waals surface area contributed by atoms with Gasteiger partial charge >= 0.3 is 0 Å². The molecule has 2 atom stereocenters. The van der Waals surface area contributed by atoms with Gasteiger partial charge in [-0.25, -0.2) is 5.32 Å². The van der Waals surface area contributed by atoms with Crippen molar-refractivity contribution >= 4 is 0 Å². The summed E-state index contributed by atoms with van der Waals surface area (Å²) in [6.07, 6.45) is 0. The zero-order valence-corrected chi connectivity index (χ0v) is 4.59. The zero-order valence-electron chi connectivity index (χ0n) is 4.59. The van der Waals surface area contributed by atoms with Crippen LogP contribution in [-0.2, 0) is 0 Å². The minimum atomic E-state index is 1.01. The van der Waals surface area contributed by atoms with Crippen LogP contribution in [0, 0.1) is 17.8 Å². The third kappa shape index (κ3) is 0.367. The molecule has 39 valence electrons. The molecule has 1 aliphatic carbocycles. The number of rotatable bonds is 0.